The zero-order chi connectivity index (χ0) is 9.26. The Balaban J connectivity index is 2.77. The van der Waals surface area contributed by atoms with E-state index in [-0.39, 0.29) is 0 Å². The van der Waals surface area contributed by atoms with E-state index in [9.17, 15) is 0 Å². The van der Waals surface area contributed by atoms with Gasteiger partial charge in [-0.3, -0.25) is 0 Å². The van der Waals surface area contributed by atoms with Gasteiger partial charge in [0.25, 0.3) is 0 Å². The van der Waals surface area contributed by atoms with Crippen LogP contribution in [-0.2, 0) is 6.54 Å². The summed E-state index contributed by atoms with van der Waals surface area (Å²) in [6.07, 6.45) is 0. The maximum Gasteiger partial charge on any atom is 0.0184 e. The first-order chi connectivity index (χ1) is 6.31. The Morgan fingerprint density at radius 1 is 1.15 bits per heavy atom. The zero-order valence-electron chi connectivity index (χ0n) is 7.13. The first-order valence-corrected chi connectivity index (χ1v) is 5.26. The van der Waals surface area contributed by atoms with E-state index in [1.165, 1.54) is 19.9 Å². The van der Waals surface area contributed by atoms with Gasteiger partial charge in [0.2, 0.25) is 0 Å². The van der Waals surface area contributed by atoms with Crippen molar-refractivity contribution in [3.8, 4) is 0 Å². The van der Waals surface area contributed by atoms with Crippen LogP contribution in [0.1, 0.15) is 5.56 Å². The fraction of sp³-hybridized carbons (Fsp3) is 0.0909. The largest absolute Gasteiger partial charge is 0.326 e. The molecular weight excluding hydrogens is 273 g/mol. The molecule has 0 bridgehead atoms. The minimum atomic E-state index is 0.609. The fourth-order valence-corrected chi connectivity index (χ4v) is 2.01. The van der Waals surface area contributed by atoms with Crippen LogP contribution in [0.3, 0.4) is 0 Å². The van der Waals surface area contributed by atoms with Crippen LogP contribution in [0.2, 0.25) is 0 Å². The van der Waals surface area contributed by atoms with Gasteiger partial charge in [0, 0.05) is 10.1 Å². The van der Waals surface area contributed by atoms with Gasteiger partial charge in [-0.15, -0.1) is 0 Å². The fourth-order valence-electron chi connectivity index (χ4n) is 1.50. The van der Waals surface area contributed by atoms with Crippen molar-refractivity contribution in [2.75, 3.05) is 0 Å². The van der Waals surface area contributed by atoms with Crippen molar-refractivity contribution >= 4 is 33.4 Å². The molecule has 0 fully saturated rings. The van der Waals surface area contributed by atoms with Gasteiger partial charge < -0.3 is 5.73 Å². The van der Waals surface area contributed by atoms with Crippen LogP contribution in [0.15, 0.2) is 36.4 Å². The maximum atomic E-state index is 5.65. The van der Waals surface area contributed by atoms with E-state index >= 15 is 0 Å². The second-order valence-electron chi connectivity index (χ2n) is 2.99. The van der Waals surface area contributed by atoms with Crippen molar-refractivity contribution < 1.29 is 0 Å². The molecule has 2 aromatic rings. The number of fused-ring (bicyclic) bond motifs is 1. The van der Waals surface area contributed by atoms with Crippen molar-refractivity contribution in [2.45, 2.75) is 6.54 Å². The molecule has 0 aliphatic heterocycles. The monoisotopic (exact) mass is 283 g/mol. The number of rotatable bonds is 1. The van der Waals surface area contributed by atoms with Gasteiger partial charge in [-0.2, -0.15) is 0 Å². The van der Waals surface area contributed by atoms with E-state index in [0.29, 0.717) is 6.54 Å². The number of halogens is 1. The summed E-state index contributed by atoms with van der Waals surface area (Å²) in [7, 11) is 0. The molecule has 0 aromatic heterocycles. The van der Waals surface area contributed by atoms with Gasteiger partial charge in [-0.05, 0) is 51.1 Å². The minimum absolute atomic E-state index is 0.609. The minimum Gasteiger partial charge on any atom is -0.326 e. The summed E-state index contributed by atoms with van der Waals surface area (Å²) in [5, 5.41) is 2.54. The average Bonchev–Trinajstić information content (AvgIpc) is 2.16. The summed E-state index contributed by atoms with van der Waals surface area (Å²) < 4.78 is 1.26. The molecule has 0 aliphatic rings. The smallest absolute Gasteiger partial charge is 0.0184 e. The molecule has 0 unspecified atom stereocenters. The number of nitrogens with two attached hydrogens (primary N) is 1. The van der Waals surface area contributed by atoms with Crippen LogP contribution in [-0.4, -0.2) is 0 Å². The van der Waals surface area contributed by atoms with E-state index in [0.717, 1.165) is 0 Å². The lowest BCUT2D eigenvalue weighted by Gasteiger charge is -2.03. The Kier molecular flexibility index (Phi) is 2.51. The standard InChI is InChI=1S/C11H10IN/c12-10-4-5-11-8(6-10)2-1-3-9(11)7-13/h1-6H,7,13H2. The highest BCUT2D eigenvalue weighted by Gasteiger charge is 1.98. The molecule has 0 spiro atoms. The Labute approximate surface area is 91.1 Å². The van der Waals surface area contributed by atoms with Gasteiger partial charge in [0.15, 0.2) is 0 Å². The predicted octanol–water partition coefficient (Wildman–Crippen LogP) is 2.90. The highest BCUT2D eigenvalue weighted by atomic mass is 127. The summed E-state index contributed by atoms with van der Waals surface area (Å²) in [5.41, 5.74) is 6.87. The van der Waals surface area contributed by atoms with Crippen LogP contribution in [0.25, 0.3) is 10.8 Å². The highest BCUT2D eigenvalue weighted by Crippen LogP contribution is 2.20. The first-order valence-electron chi connectivity index (χ1n) is 4.18. The zero-order valence-corrected chi connectivity index (χ0v) is 9.28. The first kappa shape index (κ1) is 8.97. The molecule has 2 rings (SSSR count). The third-order valence-corrected chi connectivity index (χ3v) is 2.82. The molecule has 2 N–H and O–H groups in total. The molecule has 0 saturated carbocycles. The van der Waals surface area contributed by atoms with Crippen LogP contribution < -0.4 is 5.73 Å². The lowest BCUT2D eigenvalue weighted by molar-refractivity contribution is 1.09. The van der Waals surface area contributed by atoms with E-state index < -0.39 is 0 Å². The average molecular weight is 283 g/mol. The Morgan fingerprint density at radius 3 is 2.77 bits per heavy atom. The molecule has 0 atom stereocenters. The number of hydrogen-bond acceptors (Lipinski definition) is 1. The molecule has 2 heteroatoms. The van der Waals surface area contributed by atoms with E-state index in [2.05, 4.69) is 59.0 Å². The van der Waals surface area contributed by atoms with E-state index in [1.54, 1.807) is 0 Å². The lowest BCUT2D eigenvalue weighted by atomic mass is 10.1. The normalized spacial score (nSPS) is 10.6. The topological polar surface area (TPSA) is 26.0 Å². The van der Waals surface area contributed by atoms with Gasteiger partial charge in [0.1, 0.15) is 0 Å². The van der Waals surface area contributed by atoms with E-state index in [1.807, 2.05) is 0 Å². The lowest BCUT2D eigenvalue weighted by Crippen LogP contribution is -1.96. The van der Waals surface area contributed by atoms with Gasteiger partial charge in [-0.25, -0.2) is 0 Å². The molecule has 0 aliphatic carbocycles. The molecule has 0 heterocycles. The quantitative estimate of drug-likeness (QED) is 0.800. The summed E-state index contributed by atoms with van der Waals surface area (Å²) in [5.74, 6) is 0. The molecule has 66 valence electrons. The predicted molar refractivity (Wildman–Crippen MR) is 64.6 cm³/mol. The second-order valence-corrected chi connectivity index (χ2v) is 4.23. The van der Waals surface area contributed by atoms with Crippen LogP contribution in [0.5, 0.6) is 0 Å². The second kappa shape index (κ2) is 3.64. The molecule has 0 amide bonds. The summed E-state index contributed by atoms with van der Waals surface area (Å²) >= 11 is 2.32. The molecule has 1 nitrogen and oxygen atoms in total. The Bertz CT molecular complexity index is 437. The van der Waals surface area contributed by atoms with E-state index in [4.69, 9.17) is 5.73 Å². The van der Waals surface area contributed by atoms with Crippen LogP contribution >= 0.6 is 22.6 Å². The Morgan fingerprint density at radius 2 is 2.00 bits per heavy atom. The third kappa shape index (κ3) is 1.69. The molecule has 0 saturated heterocycles. The molecular formula is C11H10IN. The molecule has 0 radical (unpaired) electrons. The third-order valence-electron chi connectivity index (χ3n) is 2.15. The number of hydrogen-bond donors (Lipinski definition) is 1. The highest BCUT2D eigenvalue weighted by molar-refractivity contribution is 14.1. The van der Waals surface area contributed by atoms with Crippen molar-refractivity contribution in [1.82, 2.24) is 0 Å². The van der Waals surface area contributed by atoms with Crippen molar-refractivity contribution in [1.29, 1.82) is 0 Å². The molecule has 2 aromatic carbocycles. The van der Waals surface area contributed by atoms with Gasteiger partial charge >= 0.3 is 0 Å². The summed E-state index contributed by atoms with van der Waals surface area (Å²) in [4.78, 5) is 0. The van der Waals surface area contributed by atoms with Crippen molar-refractivity contribution in [2.24, 2.45) is 5.73 Å². The summed E-state index contributed by atoms with van der Waals surface area (Å²) in [6, 6.07) is 12.7. The summed E-state index contributed by atoms with van der Waals surface area (Å²) in [6.45, 7) is 0.609. The SMILES string of the molecule is NCc1cccc2cc(I)ccc12. The Hall–Kier alpha value is -0.610. The van der Waals surface area contributed by atoms with Gasteiger partial charge in [-0.1, -0.05) is 24.3 Å². The maximum absolute atomic E-state index is 5.65. The molecule has 13 heavy (non-hydrogen) atoms. The van der Waals surface area contributed by atoms with Gasteiger partial charge in [0.05, 0.1) is 0 Å². The van der Waals surface area contributed by atoms with Crippen LogP contribution in [0, 0.1) is 3.57 Å². The van der Waals surface area contributed by atoms with Crippen molar-refractivity contribution in [3.63, 3.8) is 0 Å². The van der Waals surface area contributed by atoms with Crippen LogP contribution in [0.4, 0.5) is 0 Å². The van der Waals surface area contributed by atoms with Crippen molar-refractivity contribution in [3.05, 3.63) is 45.5 Å². The number of benzene rings is 2.